The van der Waals surface area contributed by atoms with Gasteiger partial charge in [-0.25, -0.2) is 0 Å². The number of nitro groups is 2. The Labute approximate surface area is 210 Å². The van der Waals surface area contributed by atoms with Crippen molar-refractivity contribution in [3.63, 3.8) is 0 Å². The minimum Gasteiger partial charge on any atom is -0.495 e. The van der Waals surface area contributed by atoms with Gasteiger partial charge in [-0.3, -0.25) is 25.7 Å². The third-order valence-electron chi connectivity index (χ3n) is 5.58. The molecule has 4 aromatic rings. The fourth-order valence-electron chi connectivity index (χ4n) is 3.94. The standard InChI is InChI=1S/C26H22N4O5S/c1-3-9-20(26-25(35-2)19-12-7-8-13-23(19)36-26)24(17-10-5-4-6-11-17)28-27-21-15-14-18(29(31)32)16-22(21)30(33)34/h3-8,10-16,20,27H,1,9H2,2H3/b28-24+/t20-/m1/s1. The lowest BCUT2D eigenvalue weighted by Gasteiger charge is -2.19. The van der Waals surface area contributed by atoms with E-state index in [0.29, 0.717) is 12.1 Å². The van der Waals surface area contributed by atoms with Crippen LogP contribution in [-0.2, 0) is 0 Å². The Balaban J connectivity index is 1.86. The number of hydrogen-bond acceptors (Lipinski definition) is 8. The predicted molar refractivity (Wildman–Crippen MR) is 142 cm³/mol. The van der Waals surface area contributed by atoms with E-state index in [0.717, 1.165) is 32.3 Å². The van der Waals surface area contributed by atoms with Crippen LogP contribution >= 0.6 is 11.3 Å². The molecule has 0 saturated carbocycles. The van der Waals surface area contributed by atoms with Gasteiger partial charge in [-0.1, -0.05) is 48.5 Å². The Morgan fingerprint density at radius 2 is 1.81 bits per heavy atom. The van der Waals surface area contributed by atoms with Gasteiger partial charge in [0, 0.05) is 22.1 Å². The van der Waals surface area contributed by atoms with Crippen molar-refractivity contribution in [3.8, 4) is 5.75 Å². The highest BCUT2D eigenvalue weighted by Gasteiger charge is 2.27. The number of nitrogens with one attached hydrogen (secondary N) is 1. The van der Waals surface area contributed by atoms with E-state index in [1.54, 1.807) is 24.5 Å². The number of fused-ring (bicyclic) bond motifs is 1. The molecule has 0 aliphatic carbocycles. The molecule has 0 amide bonds. The molecule has 0 spiro atoms. The number of ether oxygens (including phenoxy) is 1. The maximum Gasteiger partial charge on any atom is 0.301 e. The Morgan fingerprint density at radius 1 is 1.08 bits per heavy atom. The summed E-state index contributed by atoms with van der Waals surface area (Å²) in [6, 6.07) is 20.8. The largest absolute Gasteiger partial charge is 0.495 e. The van der Waals surface area contributed by atoms with E-state index in [4.69, 9.17) is 4.74 Å². The number of nitrogens with zero attached hydrogens (tertiary/aromatic N) is 3. The summed E-state index contributed by atoms with van der Waals surface area (Å²) in [4.78, 5) is 22.3. The van der Waals surface area contributed by atoms with Crippen molar-refractivity contribution in [1.82, 2.24) is 0 Å². The number of rotatable bonds is 10. The third-order valence-corrected chi connectivity index (χ3v) is 6.85. The molecule has 1 heterocycles. The van der Waals surface area contributed by atoms with Crippen molar-refractivity contribution in [1.29, 1.82) is 0 Å². The zero-order valence-electron chi connectivity index (χ0n) is 19.3. The van der Waals surface area contributed by atoms with Crippen LogP contribution < -0.4 is 10.2 Å². The van der Waals surface area contributed by atoms with E-state index >= 15 is 0 Å². The molecule has 10 heteroatoms. The summed E-state index contributed by atoms with van der Waals surface area (Å²) in [5.41, 5.74) is 3.44. The number of non-ortho nitro benzene ring substituents is 1. The van der Waals surface area contributed by atoms with Gasteiger partial charge in [0.1, 0.15) is 11.4 Å². The van der Waals surface area contributed by atoms with Gasteiger partial charge in [-0.15, -0.1) is 17.9 Å². The van der Waals surface area contributed by atoms with Crippen molar-refractivity contribution < 1.29 is 14.6 Å². The summed E-state index contributed by atoms with van der Waals surface area (Å²) in [7, 11) is 1.63. The number of hydrazone groups is 1. The van der Waals surface area contributed by atoms with Gasteiger partial charge < -0.3 is 4.74 Å². The Hall–Kier alpha value is -4.57. The fourth-order valence-corrected chi connectivity index (χ4v) is 5.23. The van der Waals surface area contributed by atoms with Crippen LogP contribution in [0.1, 0.15) is 22.8 Å². The molecular formula is C26H22N4O5S. The highest BCUT2D eigenvalue weighted by Crippen LogP contribution is 2.44. The number of nitro benzene ring substituents is 2. The summed E-state index contributed by atoms with van der Waals surface area (Å²) in [6.45, 7) is 3.93. The summed E-state index contributed by atoms with van der Waals surface area (Å²) >= 11 is 1.59. The molecule has 182 valence electrons. The third kappa shape index (κ3) is 4.93. The first-order valence-corrected chi connectivity index (χ1v) is 11.7. The quantitative estimate of drug-likeness (QED) is 0.109. The molecule has 1 N–H and O–H groups in total. The summed E-state index contributed by atoms with van der Waals surface area (Å²) in [5.74, 6) is 0.467. The van der Waals surface area contributed by atoms with Crippen molar-refractivity contribution in [2.75, 3.05) is 12.5 Å². The molecule has 0 bridgehead atoms. The van der Waals surface area contributed by atoms with E-state index < -0.39 is 15.5 Å². The Kier molecular flexibility index (Phi) is 7.36. The minimum absolute atomic E-state index is 0.0414. The van der Waals surface area contributed by atoms with Crippen molar-refractivity contribution in [3.05, 3.63) is 116 Å². The molecule has 9 nitrogen and oxygen atoms in total. The molecule has 3 aromatic carbocycles. The number of allylic oxidation sites excluding steroid dienone is 1. The first kappa shape index (κ1) is 24.6. The minimum atomic E-state index is -0.677. The molecule has 0 radical (unpaired) electrons. The molecule has 4 rings (SSSR count). The van der Waals surface area contributed by atoms with Crippen LogP contribution in [0.3, 0.4) is 0 Å². The smallest absolute Gasteiger partial charge is 0.301 e. The van der Waals surface area contributed by atoms with Gasteiger partial charge in [0.15, 0.2) is 0 Å². The van der Waals surface area contributed by atoms with Crippen LogP contribution in [0.15, 0.2) is 90.6 Å². The number of benzene rings is 3. The van der Waals surface area contributed by atoms with Gasteiger partial charge in [0.25, 0.3) is 5.69 Å². The van der Waals surface area contributed by atoms with Crippen LogP contribution in [-0.4, -0.2) is 22.7 Å². The number of hydrogen-bond donors (Lipinski definition) is 1. The van der Waals surface area contributed by atoms with Gasteiger partial charge in [-0.2, -0.15) is 5.10 Å². The molecule has 0 unspecified atom stereocenters. The highest BCUT2D eigenvalue weighted by molar-refractivity contribution is 7.19. The van der Waals surface area contributed by atoms with Crippen LogP contribution in [0, 0.1) is 20.2 Å². The lowest BCUT2D eigenvalue weighted by molar-refractivity contribution is -0.393. The molecular weight excluding hydrogens is 480 g/mol. The van der Waals surface area contributed by atoms with Gasteiger partial charge in [0.05, 0.1) is 33.6 Å². The Morgan fingerprint density at radius 3 is 2.47 bits per heavy atom. The second-order valence-electron chi connectivity index (χ2n) is 7.76. The molecule has 0 aliphatic rings. The Bertz CT molecular complexity index is 1470. The molecule has 0 fully saturated rings. The van der Waals surface area contributed by atoms with Gasteiger partial charge in [-0.05, 0) is 30.2 Å². The zero-order valence-corrected chi connectivity index (χ0v) is 20.1. The molecule has 36 heavy (non-hydrogen) atoms. The number of methoxy groups -OCH3 is 1. The van der Waals surface area contributed by atoms with Gasteiger partial charge in [0.2, 0.25) is 0 Å². The summed E-state index contributed by atoms with van der Waals surface area (Å²) < 4.78 is 6.87. The van der Waals surface area contributed by atoms with Crippen molar-refractivity contribution >= 4 is 44.2 Å². The van der Waals surface area contributed by atoms with Crippen LogP contribution in [0.4, 0.5) is 17.1 Å². The van der Waals surface area contributed by atoms with E-state index in [9.17, 15) is 20.2 Å². The average molecular weight is 503 g/mol. The second-order valence-corrected chi connectivity index (χ2v) is 8.85. The normalized spacial score (nSPS) is 12.2. The van der Waals surface area contributed by atoms with Gasteiger partial charge >= 0.3 is 5.69 Å². The monoisotopic (exact) mass is 502 g/mol. The SMILES string of the molecule is C=CC[C@H](/C(=N/Nc1ccc([N+](=O)[O-])cc1[N+](=O)[O-])c1ccccc1)c1sc2ccccc2c1OC. The molecule has 1 atom stereocenters. The zero-order chi connectivity index (χ0) is 25.7. The van der Waals surface area contributed by atoms with Crippen LogP contribution in [0.25, 0.3) is 10.1 Å². The average Bonchev–Trinajstić information content (AvgIpc) is 3.27. The second kappa shape index (κ2) is 10.8. The molecule has 1 aromatic heterocycles. The molecule has 0 saturated heterocycles. The first-order chi connectivity index (χ1) is 17.4. The summed E-state index contributed by atoms with van der Waals surface area (Å²) in [5, 5.41) is 28.3. The highest BCUT2D eigenvalue weighted by atomic mass is 32.1. The number of thiophene rings is 1. The van der Waals surface area contributed by atoms with E-state index in [2.05, 4.69) is 17.1 Å². The van der Waals surface area contributed by atoms with E-state index in [1.165, 1.54) is 12.1 Å². The first-order valence-electron chi connectivity index (χ1n) is 10.9. The van der Waals surface area contributed by atoms with E-state index in [1.807, 2.05) is 54.6 Å². The maximum absolute atomic E-state index is 11.6. The van der Waals surface area contributed by atoms with Crippen molar-refractivity contribution in [2.45, 2.75) is 12.3 Å². The van der Waals surface area contributed by atoms with Crippen LogP contribution in [0.5, 0.6) is 5.75 Å². The topological polar surface area (TPSA) is 120 Å². The predicted octanol–water partition coefficient (Wildman–Crippen LogP) is 6.90. The maximum atomic E-state index is 11.6. The summed E-state index contributed by atoms with van der Waals surface area (Å²) in [6.07, 6.45) is 2.32. The van der Waals surface area contributed by atoms with E-state index in [-0.39, 0.29) is 17.3 Å². The van der Waals surface area contributed by atoms with Crippen LogP contribution in [0.2, 0.25) is 0 Å². The fraction of sp³-hybridized carbons (Fsp3) is 0.115. The lowest BCUT2D eigenvalue weighted by atomic mass is 9.91. The van der Waals surface area contributed by atoms with Crippen molar-refractivity contribution in [2.24, 2.45) is 5.10 Å². The lowest BCUT2D eigenvalue weighted by Crippen LogP contribution is -2.16. The molecule has 0 aliphatic heterocycles. The number of anilines is 1.